The summed E-state index contributed by atoms with van der Waals surface area (Å²) in [7, 11) is 4.00. The third kappa shape index (κ3) is 3.64. The number of aryl methyl sites for hydroxylation is 2. The molecule has 0 spiro atoms. The van der Waals surface area contributed by atoms with E-state index in [-0.39, 0.29) is 5.91 Å². The number of nitrogens with one attached hydrogen (secondary N) is 1. The summed E-state index contributed by atoms with van der Waals surface area (Å²) in [5, 5.41) is 8.22. The highest BCUT2D eigenvalue weighted by Gasteiger charge is 2.18. The molecule has 1 fully saturated rings. The fourth-order valence-electron chi connectivity index (χ4n) is 3.40. The summed E-state index contributed by atoms with van der Waals surface area (Å²) < 4.78 is 1.75. The Labute approximate surface area is 158 Å². The van der Waals surface area contributed by atoms with Crippen LogP contribution in [0.4, 0.5) is 11.6 Å². The zero-order chi connectivity index (χ0) is 19.0. The van der Waals surface area contributed by atoms with Crippen LogP contribution in [-0.4, -0.2) is 58.8 Å². The van der Waals surface area contributed by atoms with Gasteiger partial charge in [-0.05, 0) is 43.8 Å². The number of piperazine rings is 1. The van der Waals surface area contributed by atoms with Crippen LogP contribution in [0.15, 0.2) is 36.5 Å². The molecule has 0 bridgehead atoms. The number of aromatic nitrogens is 3. The van der Waals surface area contributed by atoms with Gasteiger partial charge in [0.25, 0.3) is 5.91 Å². The van der Waals surface area contributed by atoms with E-state index in [1.165, 1.54) is 0 Å². The van der Waals surface area contributed by atoms with Crippen LogP contribution in [0.1, 0.15) is 15.9 Å². The number of likely N-dealkylation sites (N-methyl/N-ethyl adjacent to an activating group) is 1. The van der Waals surface area contributed by atoms with E-state index in [1.807, 2.05) is 37.5 Å². The van der Waals surface area contributed by atoms with Crippen LogP contribution in [0.2, 0.25) is 0 Å². The van der Waals surface area contributed by atoms with Crippen molar-refractivity contribution in [1.29, 1.82) is 0 Å². The highest BCUT2D eigenvalue weighted by molar-refractivity contribution is 6.05. The van der Waals surface area contributed by atoms with E-state index < -0.39 is 0 Å². The number of carbonyl (C=O) groups is 1. The van der Waals surface area contributed by atoms with Crippen LogP contribution in [0.3, 0.4) is 0 Å². The first-order valence-corrected chi connectivity index (χ1v) is 9.15. The maximum absolute atomic E-state index is 12.7. The van der Waals surface area contributed by atoms with E-state index in [0.29, 0.717) is 11.4 Å². The number of amides is 1. The summed E-state index contributed by atoms with van der Waals surface area (Å²) >= 11 is 0. The van der Waals surface area contributed by atoms with Crippen molar-refractivity contribution in [2.45, 2.75) is 6.92 Å². The molecule has 1 aliphatic heterocycles. The van der Waals surface area contributed by atoms with E-state index >= 15 is 0 Å². The van der Waals surface area contributed by atoms with Crippen LogP contribution in [0.5, 0.6) is 0 Å². The van der Waals surface area contributed by atoms with Crippen LogP contribution in [0.25, 0.3) is 10.9 Å². The number of fused-ring (bicyclic) bond motifs is 1. The Morgan fingerprint density at radius 3 is 2.63 bits per heavy atom. The number of benzene rings is 1. The summed E-state index contributed by atoms with van der Waals surface area (Å²) in [5.41, 5.74) is 2.59. The zero-order valence-corrected chi connectivity index (χ0v) is 15.9. The highest BCUT2D eigenvalue weighted by Crippen LogP contribution is 2.22. The molecule has 27 heavy (non-hydrogen) atoms. The average Bonchev–Trinajstić information content (AvgIpc) is 3.03. The van der Waals surface area contributed by atoms with E-state index in [9.17, 15) is 4.79 Å². The monoisotopic (exact) mass is 364 g/mol. The second-order valence-corrected chi connectivity index (χ2v) is 7.16. The van der Waals surface area contributed by atoms with Crippen molar-refractivity contribution < 1.29 is 4.79 Å². The molecule has 4 rings (SSSR count). The first kappa shape index (κ1) is 17.5. The fraction of sp³-hybridized carbons (Fsp3) is 0.350. The van der Waals surface area contributed by atoms with Crippen LogP contribution in [-0.2, 0) is 7.05 Å². The summed E-state index contributed by atoms with van der Waals surface area (Å²) in [5.74, 6) is 1.36. The van der Waals surface area contributed by atoms with Crippen molar-refractivity contribution in [2.24, 2.45) is 7.05 Å². The maximum Gasteiger partial charge on any atom is 0.256 e. The zero-order valence-electron chi connectivity index (χ0n) is 15.9. The maximum atomic E-state index is 12.7. The number of carbonyl (C=O) groups excluding carboxylic acids is 1. The SMILES string of the molecule is Cc1ccc(NC(=O)c2ccc3nn(C)cc3c2)nc1N1CCN(C)CC1. The number of hydrogen-bond acceptors (Lipinski definition) is 5. The minimum Gasteiger partial charge on any atom is -0.354 e. The summed E-state index contributed by atoms with van der Waals surface area (Å²) in [6, 6.07) is 9.38. The number of anilines is 2. The average molecular weight is 364 g/mol. The van der Waals surface area contributed by atoms with Gasteiger partial charge in [0.2, 0.25) is 0 Å². The van der Waals surface area contributed by atoms with E-state index in [4.69, 9.17) is 4.98 Å². The van der Waals surface area contributed by atoms with Crippen LogP contribution < -0.4 is 10.2 Å². The molecule has 1 aliphatic rings. The molecule has 0 atom stereocenters. The topological polar surface area (TPSA) is 66.3 Å². The lowest BCUT2D eigenvalue weighted by molar-refractivity contribution is 0.102. The lowest BCUT2D eigenvalue weighted by Crippen LogP contribution is -2.45. The van der Waals surface area contributed by atoms with Gasteiger partial charge in [0.15, 0.2) is 0 Å². The summed E-state index contributed by atoms with van der Waals surface area (Å²) in [6.45, 7) is 5.98. The number of pyridine rings is 1. The molecule has 0 saturated carbocycles. The minimum absolute atomic E-state index is 0.165. The van der Waals surface area contributed by atoms with Crippen molar-refractivity contribution in [1.82, 2.24) is 19.7 Å². The van der Waals surface area contributed by atoms with E-state index in [0.717, 1.165) is 48.5 Å². The van der Waals surface area contributed by atoms with Crippen LogP contribution in [0, 0.1) is 6.92 Å². The van der Waals surface area contributed by atoms with E-state index in [2.05, 4.69) is 34.2 Å². The van der Waals surface area contributed by atoms with Gasteiger partial charge in [-0.15, -0.1) is 0 Å². The van der Waals surface area contributed by atoms with Crippen molar-refractivity contribution in [3.05, 3.63) is 47.7 Å². The third-order valence-corrected chi connectivity index (χ3v) is 5.00. The van der Waals surface area contributed by atoms with Crippen LogP contribution >= 0.6 is 0 Å². The number of hydrogen-bond donors (Lipinski definition) is 1. The largest absolute Gasteiger partial charge is 0.354 e. The van der Waals surface area contributed by atoms with Crippen molar-refractivity contribution in [2.75, 3.05) is 43.4 Å². The van der Waals surface area contributed by atoms with Crippen molar-refractivity contribution in [3.8, 4) is 0 Å². The Balaban J connectivity index is 1.54. The fourth-order valence-corrected chi connectivity index (χ4v) is 3.40. The normalized spacial score (nSPS) is 15.3. The Bertz CT molecular complexity index is 987. The second-order valence-electron chi connectivity index (χ2n) is 7.16. The van der Waals surface area contributed by atoms with Gasteiger partial charge in [0, 0.05) is 50.4 Å². The molecule has 140 valence electrons. The summed E-state index contributed by atoms with van der Waals surface area (Å²) in [4.78, 5) is 22.0. The molecule has 3 heterocycles. The molecule has 2 aromatic heterocycles. The Hall–Kier alpha value is -2.93. The molecule has 1 amide bonds. The molecular weight excluding hydrogens is 340 g/mol. The Morgan fingerprint density at radius 1 is 1.07 bits per heavy atom. The van der Waals surface area contributed by atoms with Gasteiger partial charge in [-0.1, -0.05) is 6.07 Å². The summed E-state index contributed by atoms with van der Waals surface area (Å²) in [6.07, 6.45) is 1.90. The van der Waals surface area contributed by atoms with Gasteiger partial charge in [0.05, 0.1) is 5.52 Å². The lowest BCUT2D eigenvalue weighted by Gasteiger charge is -2.34. The van der Waals surface area contributed by atoms with Crippen molar-refractivity contribution in [3.63, 3.8) is 0 Å². The van der Waals surface area contributed by atoms with Gasteiger partial charge in [-0.25, -0.2) is 4.98 Å². The van der Waals surface area contributed by atoms with Gasteiger partial charge < -0.3 is 15.1 Å². The van der Waals surface area contributed by atoms with Gasteiger partial charge >= 0.3 is 0 Å². The molecular formula is C20H24N6O. The molecule has 0 radical (unpaired) electrons. The quantitative estimate of drug-likeness (QED) is 0.772. The van der Waals surface area contributed by atoms with Gasteiger partial charge in [-0.2, -0.15) is 5.10 Å². The molecule has 0 aliphatic carbocycles. The molecule has 7 heteroatoms. The van der Waals surface area contributed by atoms with E-state index in [1.54, 1.807) is 10.7 Å². The Morgan fingerprint density at radius 2 is 1.85 bits per heavy atom. The lowest BCUT2D eigenvalue weighted by atomic mass is 10.1. The predicted octanol–water partition coefficient (Wildman–Crippen LogP) is 2.28. The Kier molecular flexibility index (Phi) is 4.53. The third-order valence-electron chi connectivity index (χ3n) is 5.00. The molecule has 1 N–H and O–H groups in total. The number of nitrogens with zero attached hydrogens (tertiary/aromatic N) is 5. The minimum atomic E-state index is -0.165. The molecule has 1 aromatic carbocycles. The first-order valence-electron chi connectivity index (χ1n) is 9.15. The molecule has 7 nitrogen and oxygen atoms in total. The predicted molar refractivity (Wildman–Crippen MR) is 107 cm³/mol. The van der Waals surface area contributed by atoms with Crippen molar-refractivity contribution >= 4 is 28.4 Å². The second kappa shape index (κ2) is 7.00. The molecule has 3 aromatic rings. The van der Waals surface area contributed by atoms with Gasteiger partial charge in [0.1, 0.15) is 11.6 Å². The molecule has 0 unspecified atom stereocenters. The number of rotatable bonds is 3. The molecule has 1 saturated heterocycles. The smallest absolute Gasteiger partial charge is 0.256 e. The standard InChI is InChI=1S/C20H24N6O/c1-14-4-7-18(21-19(14)26-10-8-24(2)9-11-26)22-20(27)15-5-6-17-16(12-15)13-25(3)23-17/h4-7,12-13H,8-11H2,1-3H3,(H,21,22,27). The first-order chi connectivity index (χ1) is 13.0. The highest BCUT2D eigenvalue weighted by atomic mass is 16.1. The van der Waals surface area contributed by atoms with Gasteiger partial charge in [-0.3, -0.25) is 9.48 Å².